The number of aryl methyl sites for hydroxylation is 4. The van der Waals surface area contributed by atoms with E-state index in [2.05, 4.69) is 180 Å². The van der Waals surface area contributed by atoms with Gasteiger partial charge < -0.3 is 9.47 Å². The Morgan fingerprint density at radius 1 is 0.450 bits per heavy atom. The minimum atomic E-state index is 0. The summed E-state index contributed by atoms with van der Waals surface area (Å²) in [5.74, 6) is 2.22. The molecule has 0 bridgehead atoms. The average Bonchev–Trinajstić information content (AvgIpc) is 3.21. The third-order valence-corrected chi connectivity index (χ3v) is 10.2. The SMILES string of the molecule is C.C.C.C.CCC(C)OCC(C)C.CCCCCC.CCCOCCC.Cc1ccc(-c2ccc(C)cc2)cc1.Cc1ccc(C2CCC(c3ccc(C)cc3)CC2)cc1. The molecule has 1 aliphatic carbocycles. The minimum absolute atomic E-state index is 0. The Morgan fingerprint density at radius 2 is 0.750 bits per heavy atom. The molecule has 1 atom stereocenters. The highest BCUT2D eigenvalue weighted by Gasteiger charge is 2.23. The fourth-order valence-corrected chi connectivity index (χ4v) is 6.29. The normalized spacial score (nSPS) is 14.1. The smallest absolute Gasteiger partial charge is 0.0544 e. The summed E-state index contributed by atoms with van der Waals surface area (Å²) in [5, 5.41) is 0. The quantitative estimate of drug-likeness (QED) is 0.118. The van der Waals surface area contributed by atoms with Crippen molar-refractivity contribution in [1.82, 2.24) is 0 Å². The van der Waals surface area contributed by atoms with E-state index < -0.39 is 0 Å². The fraction of sp³-hybridized carbons (Fsp3) is 0.586. The van der Waals surface area contributed by atoms with Gasteiger partial charge in [-0.1, -0.05) is 223 Å². The van der Waals surface area contributed by atoms with Crippen molar-refractivity contribution >= 4 is 0 Å². The lowest BCUT2D eigenvalue weighted by atomic mass is 9.76. The first kappa shape index (κ1) is 63.4. The minimum Gasteiger partial charge on any atom is -0.381 e. The molecule has 0 spiro atoms. The molecule has 2 nitrogen and oxygen atoms in total. The molecule has 4 aromatic carbocycles. The first-order valence-electron chi connectivity index (χ1n) is 22.4. The Kier molecular flexibility index (Phi) is 42.2. The van der Waals surface area contributed by atoms with Crippen LogP contribution in [-0.4, -0.2) is 25.9 Å². The van der Waals surface area contributed by atoms with Crippen molar-refractivity contribution in [2.45, 2.75) is 201 Å². The predicted octanol–water partition coefficient (Wildman–Crippen LogP) is 19.1. The van der Waals surface area contributed by atoms with E-state index in [0.717, 1.165) is 50.9 Å². The van der Waals surface area contributed by atoms with Crippen LogP contribution in [-0.2, 0) is 9.47 Å². The van der Waals surface area contributed by atoms with Crippen LogP contribution in [0.5, 0.6) is 0 Å². The number of rotatable bonds is 14. The highest BCUT2D eigenvalue weighted by atomic mass is 16.5. The lowest BCUT2D eigenvalue weighted by Crippen LogP contribution is -2.12. The van der Waals surface area contributed by atoms with E-state index in [4.69, 9.17) is 9.47 Å². The van der Waals surface area contributed by atoms with Crippen molar-refractivity contribution in [3.63, 3.8) is 0 Å². The van der Waals surface area contributed by atoms with E-state index in [1.807, 2.05) is 0 Å². The van der Waals surface area contributed by atoms with Gasteiger partial charge in [0.25, 0.3) is 0 Å². The summed E-state index contributed by atoms with van der Waals surface area (Å²) in [6.45, 7) is 28.6. The van der Waals surface area contributed by atoms with Gasteiger partial charge in [-0.05, 0) is 120 Å². The lowest BCUT2D eigenvalue weighted by molar-refractivity contribution is 0.0455. The Labute approximate surface area is 376 Å². The topological polar surface area (TPSA) is 18.5 Å². The fourth-order valence-electron chi connectivity index (χ4n) is 6.29. The third-order valence-electron chi connectivity index (χ3n) is 10.2. The second kappa shape index (κ2) is 39.9. The van der Waals surface area contributed by atoms with Crippen LogP contribution in [0.4, 0.5) is 0 Å². The standard InChI is InChI=1S/C20H24.C14H14.C8H18O.C6H14O.C6H14.4CH4/c1-15-3-7-17(8-4-15)19-11-13-20(14-12-19)18-9-5-16(2)6-10-18;1-11-3-7-13(8-4-11)14-9-5-12(2)6-10-14;1-5-8(4)9-6-7(2)3;1-3-5-7-6-4-2;1-3-5-6-4-2;;;;/h3-10,19-20H,11-14H2,1-2H3;3-10H,1-2H3;7-8H,5-6H2,1-4H3;3-6H2,1-2H3;3-6H2,1-2H3;4*1H4. The van der Waals surface area contributed by atoms with E-state index in [9.17, 15) is 0 Å². The van der Waals surface area contributed by atoms with E-state index in [-0.39, 0.29) is 29.7 Å². The van der Waals surface area contributed by atoms with Gasteiger partial charge in [-0.25, -0.2) is 0 Å². The zero-order chi connectivity index (χ0) is 41.6. The zero-order valence-corrected chi connectivity index (χ0v) is 38.3. The molecule has 5 rings (SSSR count). The van der Waals surface area contributed by atoms with Gasteiger partial charge in [-0.15, -0.1) is 0 Å². The van der Waals surface area contributed by atoms with Crippen molar-refractivity contribution in [3.8, 4) is 11.1 Å². The van der Waals surface area contributed by atoms with Crippen molar-refractivity contribution in [1.29, 1.82) is 0 Å². The molecule has 344 valence electrons. The number of benzene rings is 4. The molecule has 1 aliphatic rings. The van der Waals surface area contributed by atoms with Crippen LogP contribution in [0.3, 0.4) is 0 Å². The van der Waals surface area contributed by atoms with Crippen LogP contribution in [0.25, 0.3) is 11.1 Å². The lowest BCUT2D eigenvalue weighted by Gasteiger charge is -2.29. The van der Waals surface area contributed by atoms with Gasteiger partial charge in [-0.3, -0.25) is 0 Å². The van der Waals surface area contributed by atoms with E-state index in [1.165, 1.54) is 95.9 Å². The van der Waals surface area contributed by atoms with Crippen LogP contribution in [0, 0.1) is 33.6 Å². The maximum absolute atomic E-state index is 5.45. The first-order valence-corrected chi connectivity index (χ1v) is 22.4. The summed E-state index contributed by atoms with van der Waals surface area (Å²) in [7, 11) is 0. The van der Waals surface area contributed by atoms with Crippen LogP contribution < -0.4 is 0 Å². The molecule has 0 saturated heterocycles. The van der Waals surface area contributed by atoms with Crippen molar-refractivity contribution < 1.29 is 9.47 Å². The molecular formula is C58H100O2. The van der Waals surface area contributed by atoms with Crippen LogP contribution in [0.1, 0.15) is 201 Å². The number of ether oxygens (including phenoxy) is 2. The molecule has 60 heavy (non-hydrogen) atoms. The Balaban J connectivity index is -0.000000347. The molecule has 1 unspecified atom stereocenters. The Morgan fingerprint density at radius 3 is 1.00 bits per heavy atom. The van der Waals surface area contributed by atoms with Crippen LogP contribution in [0.2, 0.25) is 0 Å². The van der Waals surface area contributed by atoms with Crippen LogP contribution in [0.15, 0.2) is 97.1 Å². The molecule has 1 saturated carbocycles. The molecule has 0 N–H and O–H groups in total. The number of hydrogen-bond donors (Lipinski definition) is 0. The van der Waals surface area contributed by atoms with Crippen molar-refractivity contribution in [2.75, 3.05) is 19.8 Å². The van der Waals surface area contributed by atoms with Gasteiger partial charge in [-0.2, -0.15) is 0 Å². The first-order chi connectivity index (χ1) is 27.0. The second-order valence-electron chi connectivity index (χ2n) is 16.4. The molecular weight excluding hydrogens is 729 g/mol. The summed E-state index contributed by atoms with van der Waals surface area (Å²) in [6.07, 6.45) is 14.7. The van der Waals surface area contributed by atoms with Gasteiger partial charge in [0.2, 0.25) is 0 Å². The zero-order valence-electron chi connectivity index (χ0n) is 38.3. The highest BCUT2D eigenvalue weighted by Crippen LogP contribution is 2.40. The molecule has 0 radical (unpaired) electrons. The number of unbranched alkanes of at least 4 members (excludes halogenated alkanes) is 3. The number of hydrogen-bond acceptors (Lipinski definition) is 2. The molecule has 0 aliphatic heterocycles. The monoisotopic (exact) mass is 829 g/mol. The van der Waals surface area contributed by atoms with Gasteiger partial charge in [0.05, 0.1) is 6.10 Å². The average molecular weight is 829 g/mol. The predicted molar refractivity (Wildman–Crippen MR) is 276 cm³/mol. The van der Waals surface area contributed by atoms with Gasteiger partial charge in [0, 0.05) is 19.8 Å². The van der Waals surface area contributed by atoms with Crippen LogP contribution >= 0.6 is 0 Å². The van der Waals surface area contributed by atoms with E-state index in [0.29, 0.717) is 12.0 Å². The maximum Gasteiger partial charge on any atom is 0.0544 e. The Hall–Kier alpha value is -3.20. The van der Waals surface area contributed by atoms with Crippen molar-refractivity contribution in [3.05, 3.63) is 130 Å². The van der Waals surface area contributed by atoms with Gasteiger partial charge in [0.15, 0.2) is 0 Å². The maximum atomic E-state index is 5.45. The largest absolute Gasteiger partial charge is 0.381 e. The third kappa shape index (κ3) is 29.9. The highest BCUT2D eigenvalue weighted by molar-refractivity contribution is 5.63. The van der Waals surface area contributed by atoms with E-state index in [1.54, 1.807) is 0 Å². The summed E-state index contributed by atoms with van der Waals surface area (Å²) in [5.41, 5.74) is 11.0. The molecule has 4 aromatic rings. The summed E-state index contributed by atoms with van der Waals surface area (Å²) < 4.78 is 10.6. The molecule has 0 amide bonds. The molecule has 1 fully saturated rings. The summed E-state index contributed by atoms with van der Waals surface area (Å²) in [6, 6.07) is 35.6. The summed E-state index contributed by atoms with van der Waals surface area (Å²) in [4.78, 5) is 0. The van der Waals surface area contributed by atoms with E-state index >= 15 is 0 Å². The second-order valence-corrected chi connectivity index (χ2v) is 16.4. The Bertz CT molecular complexity index is 1340. The van der Waals surface area contributed by atoms with Gasteiger partial charge >= 0.3 is 0 Å². The van der Waals surface area contributed by atoms with Gasteiger partial charge in [0.1, 0.15) is 0 Å². The summed E-state index contributed by atoms with van der Waals surface area (Å²) >= 11 is 0. The molecule has 0 heterocycles. The molecule has 2 heteroatoms. The molecule has 0 aromatic heterocycles. The van der Waals surface area contributed by atoms with Crippen molar-refractivity contribution in [2.24, 2.45) is 5.92 Å².